The summed E-state index contributed by atoms with van der Waals surface area (Å²) in [4.78, 5) is 23.6. The summed E-state index contributed by atoms with van der Waals surface area (Å²) in [5.41, 5.74) is 6.47. The highest BCUT2D eigenvalue weighted by molar-refractivity contribution is 9.10. The van der Waals surface area contributed by atoms with Crippen molar-refractivity contribution < 1.29 is 19.1 Å². The lowest BCUT2D eigenvalue weighted by Crippen LogP contribution is -2.31. The highest BCUT2D eigenvalue weighted by Crippen LogP contribution is 2.24. The third kappa shape index (κ3) is 5.22. The molecule has 25 heavy (non-hydrogen) atoms. The number of methoxy groups -OCH3 is 1. The molecule has 2 amide bonds. The molecule has 0 aliphatic heterocycles. The molecule has 0 saturated heterocycles. The molecule has 3 N–H and O–H groups in total. The quantitative estimate of drug-likeness (QED) is 0.739. The van der Waals surface area contributed by atoms with Crippen LogP contribution in [0, 0.1) is 0 Å². The van der Waals surface area contributed by atoms with E-state index in [1.807, 2.05) is 31.2 Å². The summed E-state index contributed by atoms with van der Waals surface area (Å²) in [5.74, 6) is -0.242. The first-order valence-corrected chi connectivity index (χ1v) is 8.35. The highest BCUT2D eigenvalue weighted by Gasteiger charge is 2.14. The summed E-state index contributed by atoms with van der Waals surface area (Å²) in [5, 5.41) is 2.84. The average molecular weight is 407 g/mol. The van der Waals surface area contributed by atoms with E-state index in [2.05, 4.69) is 21.2 Å². The average Bonchev–Trinajstić information content (AvgIpc) is 2.60. The zero-order valence-corrected chi connectivity index (χ0v) is 15.5. The Balaban J connectivity index is 1.97. The summed E-state index contributed by atoms with van der Waals surface area (Å²) in [6.07, 6.45) is 0. The third-order valence-corrected chi connectivity index (χ3v) is 4.09. The van der Waals surface area contributed by atoms with Crippen molar-refractivity contribution in [2.24, 2.45) is 5.73 Å². The lowest BCUT2D eigenvalue weighted by Gasteiger charge is -2.15. The van der Waals surface area contributed by atoms with Crippen molar-refractivity contribution in [1.82, 2.24) is 5.32 Å². The molecule has 0 heterocycles. The van der Waals surface area contributed by atoms with Gasteiger partial charge in [-0.3, -0.25) is 9.59 Å². The maximum Gasteiger partial charge on any atom is 0.258 e. The standard InChI is InChI=1S/C18H19BrN2O4/c1-11(12-3-5-13(19)6-4-12)21-17(22)10-25-16-8-7-14(24-2)9-15(16)18(20)23/h3-9,11H,10H2,1-2H3,(H2,20,23)(H,21,22). The van der Waals surface area contributed by atoms with Gasteiger partial charge in [0.1, 0.15) is 11.5 Å². The summed E-state index contributed by atoms with van der Waals surface area (Å²) in [7, 11) is 1.48. The minimum Gasteiger partial charge on any atom is -0.497 e. The van der Waals surface area contributed by atoms with E-state index in [-0.39, 0.29) is 29.9 Å². The normalized spacial score (nSPS) is 11.5. The molecule has 0 aromatic heterocycles. The number of hydrogen-bond donors (Lipinski definition) is 2. The van der Waals surface area contributed by atoms with Crippen LogP contribution in [0.25, 0.3) is 0 Å². The maximum absolute atomic E-state index is 12.1. The second-order valence-corrected chi connectivity index (χ2v) is 6.27. The number of nitrogens with two attached hydrogens (primary N) is 1. The zero-order valence-electron chi connectivity index (χ0n) is 13.9. The number of primary amides is 1. The monoisotopic (exact) mass is 406 g/mol. The molecule has 132 valence electrons. The molecule has 7 heteroatoms. The number of carbonyl (C=O) groups is 2. The molecular formula is C18H19BrN2O4. The molecule has 1 atom stereocenters. The number of halogens is 1. The number of carbonyl (C=O) groups excluding carboxylic acids is 2. The predicted octanol–water partition coefficient (Wildman–Crippen LogP) is 2.81. The van der Waals surface area contributed by atoms with Crippen LogP contribution in [-0.2, 0) is 4.79 Å². The van der Waals surface area contributed by atoms with E-state index in [1.54, 1.807) is 12.1 Å². The van der Waals surface area contributed by atoms with Crippen LogP contribution in [0.15, 0.2) is 46.9 Å². The Morgan fingerprint density at radius 2 is 1.88 bits per heavy atom. The molecule has 1 unspecified atom stereocenters. The molecule has 0 bridgehead atoms. The van der Waals surface area contributed by atoms with Crippen molar-refractivity contribution in [3.05, 3.63) is 58.1 Å². The van der Waals surface area contributed by atoms with E-state index in [9.17, 15) is 9.59 Å². The highest BCUT2D eigenvalue weighted by atomic mass is 79.9. The Kier molecular flexibility index (Phi) is 6.41. The number of amides is 2. The number of benzene rings is 2. The van der Waals surface area contributed by atoms with Crippen LogP contribution >= 0.6 is 15.9 Å². The zero-order chi connectivity index (χ0) is 18.4. The molecule has 0 saturated carbocycles. The topological polar surface area (TPSA) is 90.7 Å². The van der Waals surface area contributed by atoms with Crippen LogP contribution in [0.1, 0.15) is 28.9 Å². The van der Waals surface area contributed by atoms with E-state index in [4.69, 9.17) is 15.2 Å². The van der Waals surface area contributed by atoms with E-state index < -0.39 is 5.91 Å². The molecule has 2 rings (SSSR count). The molecule has 0 aliphatic rings. The van der Waals surface area contributed by atoms with Crippen molar-refractivity contribution in [3.63, 3.8) is 0 Å². The first kappa shape index (κ1) is 18.8. The van der Waals surface area contributed by atoms with Crippen LogP contribution in [-0.4, -0.2) is 25.5 Å². The number of hydrogen-bond acceptors (Lipinski definition) is 4. The van der Waals surface area contributed by atoms with Gasteiger partial charge in [-0.2, -0.15) is 0 Å². The number of nitrogens with one attached hydrogen (secondary N) is 1. The van der Waals surface area contributed by atoms with Crippen molar-refractivity contribution in [1.29, 1.82) is 0 Å². The summed E-state index contributed by atoms with van der Waals surface area (Å²) < 4.78 is 11.5. The maximum atomic E-state index is 12.1. The molecule has 2 aromatic rings. The van der Waals surface area contributed by atoms with Crippen LogP contribution in [0.4, 0.5) is 0 Å². The Hall–Kier alpha value is -2.54. The van der Waals surface area contributed by atoms with Gasteiger partial charge in [0.05, 0.1) is 18.7 Å². The van der Waals surface area contributed by atoms with Crippen LogP contribution in [0.3, 0.4) is 0 Å². The third-order valence-electron chi connectivity index (χ3n) is 3.56. The Morgan fingerprint density at radius 3 is 2.48 bits per heavy atom. The van der Waals surface area contributed by atoms with Gasteiger partial charge in [-0.25, -0.2) is 0 Å². The molecule has 0 aliphatic carbocycles. The van der Waals surface area contributed by atoms with Gasteiger partial charge in [0.15, 0.2) is 6.61 Å². The second kappa shape index (κ2) is 8.53. The minimum absolute atomic E-state index is 0.160. The van der Waals surface area contributed by atoms with Gasteiger partial charge in [-0.1, -0.05) is 28.1 Å². The van der Waals surface area contributed by atoms with Crippen molar-refractivity contribution in [2.75, 3.05) is 13.7 Å². The van der Waals surface area contributed by atoms with Crippen LogP contribution < -0.4 is 20.5 Å². The van der Waals surface area contributed by atoms with Crippen molar-refractivity contribution in [2.45, 2.75) is 13.0 Å². The van der Waals surface area contributed by atoms with Gasteiger partial charge in [0.25, 0.3) is 11.8 Å². The SMILES string of the molecule is COc1ccc(OCC(=O)NC(C)c2ccc(Br)cc2)c(C(N)=O)c1. The summed E-state index contributed by atoms with van der Waals surface area (Å²) in [6, 6.07) is 12.1. The fraction of sp³-hybridized carbons (Fsp3) is 0.222. The van der Waals surface area contributed by atoms with Crippen LogP contribution in [0.5, 0.6) is 11.5 Å². The number of ether oxygens (including phenoxy) is 2. The second-order valence-electron chi connectivity index (χ2n) is 5.36. The molecular weight excluding hydrogens is 388 g/mol. The minimum atomic E-state index is -0.655. The molecule has 6 nitrogen and oxygen atoms in total. The van der Waals surface area contributed by atoms with Crippen molar-refractivity contribution in [3.8, 4) is 11.5 Å². The fourth-order valence-corrected chi connectivity index (χ4v) is 2.48. The number of rotatable bonds is 7. The molecule has 2 aromatic carbocycles. The lowest BCUT2D eigenvalue weighted by atomic mass is 10.1. The summed E-state index contributed by atoms with van der Waals surface area (Å²) in [6.45, 7) is 1.65. The first-order chi connectivity index (χ1) is 11.9. The lowest BCUT2D eigenvalue weighted by molar-refractivity contribution is -0.123. The van der Waals surface area contributed by atoms with E-state index >= 15 is 0 Å². The van der Waals surface area contributed by atoms with Gasteiger partial charge >= 0.3 is 0 Å². The van der Waals surface area contributed by atoms with E-state index in [1.165, 1.54) is 13.2 Å². The van der Waals surface area contributed by atoms with Gasteiger partial charge in [0.2, 0.25) is 0 Å². The Labute approximate surface area is 154 Å². The Morgan fingerprint density at radius 1 is 1.20 bits per heavy atom. The predicted molar refractivity (Wildman–Crippen MR) is 97.7 cm³/mol. The summed E-state index contributed by atoms with van der Waals surface area (Å²) >= 11 is 3.37. The first-order valence-electron chi connectivity index (χ1n) is 7.56. The largest absolute Gasteiger partial charge is 0.497 e. The van der Waals surface area contributed by atoms with Crippen molar-refractivity contribution >= 4 is 27.7 Å². The van der Waals surface area contributed by atoms with Gasteiger partial charge in [0, 0.05) is 4.47 Å². The van der Waals surface area contributed by atoms with E-state index in [0.29, 0.717) is 5.75 Å². The molecule has 0 fully saturated rings. The smallest absolute Gasteiger partial charge is 0.258 e. The van der Waals surface area contributed by atoms with Crippen LogP contribution in [0.2, 0.25) is 0 Å². The molecule has 0 spiro atoms. The van der Waals surface area contributed by atoms with Gasteiger partial charge in [-0.05, 0) is 42.8 Å². The Bertz CT molecular complexity index is 762. The molecule has 0 radical (unpaired) electrons. The fourth-order valence-electron chi connectivity index (χ4n) is 2.22. The van der Waals surface area contributed by atoms with E-state index in [0.717, 1.165) is 10.0 Å². The van der Waals surface area contributed by atoms with Gasteiger partial charge < -0.3 is 20.5 Å². The van der Waals surface area contributed by atoms with Gasteiger partial charge in [-0.15, -0.1) is 0 Å².